The molecule has 0 spiro atoms. The van der Waals surface area contributed by atoms with E-state index in [2.05, 4.69) is 31.2 Å². The Labute approximate surface area is 80.1 Å². The van der Waals surface area contributed by atoms with E-state index in [9.17, 15) is 0 Å². The van der Waals surface area contributed by atoms with Gasteiger partial charge in [-0.1, -0.05) is 20.8 Å². The van der Waals surface area contributed by atoms with Gasteiger partial charge in [0, 0.05) is 19.2 Å². The van der Waals surface area contributed by atoms with Gasteiger partial charge in [-0.05, 0) is 12.3 Å². The SMILES string of the molecule is CCCn1nccc1NCC(C)C. The lowest BCUT2D eigenvalue weighted by Gasteiger charge is -2.10. The molecular weight excluding hydrogens is 162 g/mol. The van der Waals surface area contributed by atoms with E-state index in [0.29, 0.717) is 5.92 Å². The first kappa shape index (κ1) is 10.1. The molecule has 1 aromatic heterocycles. The molecule has 0 bridgehead atoms. The van der Waals surface area contributed by atoms with Gasteiger partial charge in [0.2, 0.25) is 0 Å². The van der Waals surface area contributed by atoms with Crippen LogP contribution in [-0.2, 0) is 6.54 Å². The van der Waals surface area contributed by atoms with Crippen LogP contribution in [0.25, 0.3) is 0 Å². The van der Waals surface area contributed by atoms with Crippen LogP contribution in [0.5, 0.6) is 0 Å². The molecule has 0 atom stereocenters. The molecule has 0 aliphatic carbocycles. The molecule has 74 valence electrons. The minimum atomic E-state index is 0.671. The average molecular weight is 181 g/mol. The summed E-state index contributed by atoms with van der Waals surface area (Å²) in [4.78, 5) is 0. The summed E-state index contributed by atoms with van der Waals surface area (Å²) in [5.41, 5.74) is 0. The van der Waals surface area contributed by atoms with Crippen LogP contribution in [0.15, 0.2) is 12.3 Å². The van der Waals surface area contributed by atoms with Crippen molar-refractivity contribution in [2.45, 2.75) is 33.7 Å². The van der Waals surface area contributed by atoms with Gasteiger partial charge in [0.15, 0.2) is 0 Å². The van der Waals surface area contributed by atoms with E-state index in [-0.39, 0.29) is 0 Å². The molecular formula is C10H19N3. The maximum Gasteiger partial charge on any atom is 0.124 e. The zero-order valence-corrected chi connectivity index (χ0v) is 8.75. The molecule has 0 fully saturated rings. The quantitative estimate of drug-likeness (QED) is 0.755. The molecule has 0 aliphatic rings. The third-order valence-corrected chi connectivity index (χ3v) is 1.84. The number of nitrogens with zero attached hydrogens (tertiary/aromatic N) is 2. The van der Waals surface area contributed by atoms with Crippen molar-refractivity contribution in [3.8, 4) is 0 Å². The second-order valence-corrected chi connectivity index (χ2v) is 3.71. The zero-order chi connectivity index (χ0) is 9.68. The van der Waals surface area contributed by atoms with Crippen molar-refractivity contribution in [1.82, 2.24) is 9.78 Å². The summed E-state index contributed by atoms with van der Waals surface area (Å²) in [6.07, 6.45) is 2.97. The number of anilines is 1. The van der Waals surface area contributed by atoms with E-state index >= 15 is 0 Å². The van der Waals surface area contributed by atoms with Gasteiger partial charge in [-0.3, -0.25) is 0 Å². The molecule has 0 aromatic carbocycles. The van der Waals surface area contributed by atoms with Crippen LogP contribution >= 0.6 is 0 Å². The summed E-state index contributed by atoms with van der Waals surface area (Å²) >= 11 is 0. The summed E-state index contributed by atoms with van der Waals surface area (Å²) in [6.45, 7) is 8.57. The first-order chi connectivity index (χ1) is 6.24. The topological polar surface area (TPSA) is 29.9 Å². The predicted molar refractivity (Wildman–Crippen MR) is 55.8 cm³/mol. The average Bonchev–Trinajstić information content (AvgIpc) is 2.49. The molecule has 0 saturated heterocycles. The fourth-order valence-electron chi connectivity index (χ4n) is 1.18. The van der Waals surface area contributed by atoms with E-state index in [1.54, 1.807) is 0 Å². The van der Waals surface area contributed by atoms with Crippen molar-refractivity contribution in [3.05, 3.63) is 12.3 Å². The van der Waals surface area contributed by atoms with Gasteiger partial charge in [-0.25, -0.2) is 4.68 Å². The van der Waals surface area contributed by atoms with Crippen LogP contribution in [0.3, 0.4) is 0 Å². The van der Waals surface area contributed by atoms with Crippen LogP contribution in [0, 0.1) is 5.92 Å². The fourth-order valence-corrected chi connectivity index (χ4v) is 1.18. The summed E-state index contributed by atoms with van der Waals surface area (Å²) in [5, 5.41) is 7.62. The number of hydrogen-bond donors (Lipinski definition) is 1. The van der Waals surface area contributed by atoms with Gasteiger partial charge >= 0.3 is 0 Å². The van der Waals surface area contributed by atoms with Gasteiger partial charge in [0.1, 0.15) is 5.82 Å². The van der Waals surface area contributed by atoms with Crippen molar-refractivity contribution in [1.29, 1.82) is 0 Å². The first-order valence-corrected chi connectivity index (χ1v) is 4.99. The van der Waals surface area contributed by atoms with Gasteiger partial charge in [-0.2, -0.15) is 5.10 Å². The van der Waals surface area contributed by atoms with Crippen molar-refractivity contribution in [2.75, 3.05) is 11.9 Å². The highest BCUT2D eigenvalue weighted by Crippen LogP contribution is 2.07. The minimum absolute atomic E-state index is 0.671. The van der Waals surface area contributed by atoms with Gasteiger partial charge in [0.25, 0.3) is 0 Å². The number of aryl methyl sites for hydroxylation is 1. The Balaban J connectivity index is 2.49. The number of rotatable bonds is 5. The minimum Gasteiger partial charge on any atom is -0.370 e. The lowest BCUT2D eigenvalue weighted by molar-refractivity contribution is 0.600. The van der Waals surface area contributed by atoms with Crippen molar-refractivity contribution in [2.24, 2.45) is 5.92 Å². The highest BCUT2D eigenvalue weighted by molar-refractivity contribution is 5.33. The third-order valence-electron chi connectivity index (χ3n) is 1.84. The van der Waals surface area contributed by atoms with Crippen molar-refractivity contribution in [3.63, 3.8) is 0 Å². The van der Waals surface area contributed by atoms with E-state index in [1.807, 2.05) is 16.9 Å². The van der Waals surface area contributed by atoms with Gasteiger partial charge in [0.05, 0.1) is 6.20 Å². The van der Waals surface area contributed by atoms with Gasteiger partial charge < -0.3 is 5.32 Å². The molecule has 0 aliphatic heterocycles. The molecule has 0 saturated carbocycles. The largest absolute Gasteiger partial charge is 0.370 e. The molecule has 3 heteroatoms. The number of nitrogens with one attached hydrogen (secondary N) is 1. The Hall–Kier alpha value is -0.990. The summed E-state index contributed by atoms with van der Waals surface area (Å²) < 4.78 is 2.02. The smallest absolute Gasteiger partial charge is 0.124 e. The molecule has 1 heterocycles. The second-order valence-electron chi connectivity index (χ2n) is 3.71. The lowest BCUT2D eigenvalue weighted by Crippen LogP contribution is -2.12. The number of hydrogen-bond acceptors (Lipinski definition) is 2. The van der Waals surface area contributed by atoms with Crippen molar-refractivity contribution < 1.29 is 0 Å². The Morgan fingerprint density at radius 2 is 2.31 bits per heavy atom. The summed E-state index contributed by atoms with van der Waals surface area (Å²) in [5.74, 6) is 1.81. The fraction of sp³-hybridized carbons (Fsp3) is 0.700. The number of aromatic nitrogens is 2. The molecule has 13 heavy (non-hydrogen) atoms. The molecule has 1 N–H and O–H groups in total. The maximum atomic E-state index is 4.24. The Morgan fingerprint density at radius 3 is 2.92 bits per heavy atom. The molecule has 3 nitrogen and oxygen atoms in total. The van der Waals surface area contributed by atoms with E-state index in [0.717, 1.165) is 25.3 Å². The van der Waals surface area contributed by atoms with Crippen LogP contribution in [-0.4, -0.2) is 16.3 Å². The molecule has 0 amide bonds. The highest BCUT2D eigenvalue weighted by atomic mass is 15.3. The molecule has 0 unspecified atom stereocenters. The third kappa shape index (κ3) is 3.09. The molecule has 0 radical (unpaired) electrons. The monoisotopic (exact) mass is 181 g/mol. The first-order valence-electron chi connectivity index (χ1n) is 4.99. The standard InChI is InChI=1S/C10H19N3/c1-4-7-13-10(5-6-12-13)11-8-9(2)3/h5-6,9,11H,4,7-8H2,1-3H3. The maximum absolute atomic E-state index is 4.24. The van der Waals surface area contributed by atoms with Crippen LogP contribution < -0.4 is 5.32 Å². The van der Waals surface area contributed by atoms with Crippen molar-refractivity contribution >= 4 is 5.82 Å². The van der Waals surface area contributed by atoms with E-state index in [4.69, 9.17) is 0 Å². The summed E-state index contributed by atoms with van der Waals surface area (Å²) in [6, 6.07) is 2.03. The summed E-state index contributed by atoms with van der Waals surface area (Å²) in [7, 11) is 0. The Bertz CT molecular complexity index is 240. The zero-order valence-electron chi connectivity index (χ0n) is 8.75. The van der Waals surface area contributed by atoms with Crippen LogP contribution in [0.4, 0.5) is 5.82 Å². The lowest BCUT2D eigenvalue weighted by atomic mass is 10.2. The molecule has 1 aromatic rings. The Kier molecular flexibility index (Phi) is 3.80. The van der Waals surface area contributed by atoms with Gasteiger partial charge in [-0.15, -0.1) is 0 Å². The normalized spacial score (nSPS) is 10.8. The second kappa shape index (κ2) is 4.90. The Morgan fingerprint density at radius 1 is 1.54 bits per heavy atom. The van der Waals surface area contributed by atoms with E-state index in [1.165, 1.54) is 0 Å². The van der Waals surface area contributed by atoms with E-state index < -0.39 is 0 Å². The predicted octanol–water partition coefficient (Wildman–Crippen LogP) is 2.36. The van der Waals surface area contributed by atoms with Crippen LogP contribution in [0.1, 0.15) is 27.2 Å². The molecule has 1 rings (SSSR count). The van der Waals surface area contributed by atoms with Crippen LogP contribution in [0.2, 0.25) is 0 Å². The highest BCUT2D eigenvalue weighted by Gasteiger charge is 2.00.